The SMILES string of the molecule is CCc1ccc(OCc2ccc(/C=C3/NC(=S)N(c4ccccc4)C3=O)o2)cc1. The molecular weight excluding hydrogens is 384 g/mol. The second kappa shape index (κ2) is 8.32. The molecule has 1 aliphatic heterocycles. The van der Waals surface area contributed by atoms with Crippen LogP contribution in [0.2, 0.25) is 0 Å². The Labute approximate surface area is 174 Å². The van der Waals surface area contributed by atoms with E-state index in [1.807, 2.05) is 60.7 Å². The van der Waals surface area contributed by atoms with Crippen molar-refractivity contribution >= 4 is 35.0 Å². The normalized spacial score (nSPS) is 15.1. The Balaban J connectivity index is 1.43. The van der Waals surface area contributed by atoms with E-state index in [9.17, 15) is 4.79 Å². The maximum atomic E-state index is 12.7. The molecule has 1 N–H and O–H groups in total. The number of carbonyl (C=O) groups is 1. The fraction of sp³-hybridized carbons (Fsp3) is 0.130. The zero-order chi connectivity index (χ0) is 20.2. The minimum atomic E-state index is -0.216. The molecule has 0 radical (unpaired) electrons. The minimum absolute atomic E-state index is 0.216. The lowest BCUT2D eigenvalue weighted by atomic mass is 10.2. The van der Waals surface area contributed by atoms with Crippen LogP contribution < -0.4 is 15.0 Å². The van der Waals surface area contributed by atoms with E-state index < -0.39 is 0 Å². The lowest BCUT2D eigenvalue weighted by molar-refractivity contribution is -0.113. The molecule has 0 unspecified atom stereocenters. The van der Waals surface area contributed by atoms with Crippen molar-refractivity contribution in [3.05, 3.63) is 89.5 Å². The van der Waals surface area contributed by atoms with Gasteiger partial charge in [-0.15, -0.1) is 0 Å². The number of rotatable bonds is 6. The first kappa shape index (κ1) is 19.0. The highest BCUT2D eigenvalue weighted by atomic mass is 32.1. The molecule has 0 bridgehead atoms. The van der Waals surface area contributed by atoms with Crippen molar-refractivity contribution in [2.24, 2.45) is 0 Å². The molecule has 146 valence electrons. The predicted molar refractivity (Wildman–Crippen MR) is 116 cm³/mol. The molecule has 5 nitrogen and oxygen atoms in total. The number of amides is 1. The van der Waals surface area contributed by atoms with Crippen molar-refractivity contribution in [1.82, 2.24) is 5.32 Å². The third-order valence-corrected chi connectivity index (χ3v) is 4.86. The van der Waals surface area contributed by atoms with Gasteiger partial charge < -0.3 is 14.5 Å². The van der Waals surface area contributed by atoms with E-state index in [2.05, 4.69) is 12.2 Å². The fourth-order valence-electron chi connectivity index (χ4n) is 3.01. The number of thiocarbonyl (C=S) groups is 1. The number of nitrogens with zero attached hydrogens (tertiary/aromatic N) is 1. The second-order valence-corrected chi connectivity index (χ2v) is 6.94. The summed E-state index contributed by atoms with van der Waals surface area (Å²) in [5.74, 6) is 1.80. The molecule has 1 aliphatic rings. The van der Waals surface area contributed by atoms with Gasteiger partial charge in [-0.05, 0) is 60.6 Å². The summed E-state index contributed by atoms with van der Waals surface area (Å²) in [7, 11) is 0. The van der Waals surface area contributed by atoms with Gasteiger partial charge in [0.05, 0.1) is 5.69 Å². The number of para-hydroxylation sites is 1. The smallest absolute Gasteiger partial charge is 0.281 e. The molecule has 0 atom stereocenters. The van der Waals surface area contributed by atoms with Crippen molar-refractivity contribution < 1.29 is 13.9 Å². The minimum Gasteiger partial charge on any atom is -0.486 e. The maximum Gasteiger partial charge on any atom is 0.281 e. The van der Waals surface area contributed by atoms with Crippen LogP contribution in [0.15, 0.2) is 76.8 Å². The van der Waals surface area contributed by atoms with Gasteiger partial charge in [0, 0.05) is 6.08 Å². The van der Waals surface area contributed by atoms with Gasteiger partial charge in [-0.2, -0.15) is 0 Å². The van der Waals surface area contributed by atoms with Crippen LogP contribution in [0.1, 0.15) is 24.0 Å². The molecule has 1 amide bonds. The van der Waals surface area contributed by atoms with Gasteiger partial charge in [0.25, 0.3) is 5.91 Å². The maximum absolute atomic E-state index is 12.7. The Morgan fingerprint density at radius 1 is 1.07 bits per heavy atom. The van der Waals surface area contributed by atoms with E-state index >= 15 is 0 Å². The monoisotopic (exact) mass is 404 g/mol. The molecule has 0 aliphatic carbocycles. The van der Waals surface area contributed by atoms with Crippen LogP contribution in [0.3, 0.4) is 0 Å². The van der Waals surface area contributed by atoms with Gasteiger partial charge in [0.2, 0.25) is 0 Å². The van der Waals surface area contributed by atoms with Crippen molar-refractivity contribution in [3.63, 3.8) is 0 Å². The van der Waals surface area contributed by atoms with E-state index in [1.54, 1.807) is 12.1 Å². The van der Waals surface area contributed by atoms with Gasteiger partial charge in [0.1, 0.15) is 29.6 Å². The molecule has 2 heterocycles. The Morgan fingerprint density at radius 3 is 2.55 bits per heavy atom. The number of hydrogen-bond donors (Lipinski definition) is 1. The first-order valence-electron chi connectivity index (χ1n) is 9.36. The third-order valence-electron chi connectivity index (χ3n) is 4.57. The highest BCUT2D eigenvalue weighted by Gasteiger charge is 2.32. The summed E-state index contributed by atoms with van der Waals surface area (Å²) in [6.45, 7) is 2.43. The molecule has 1 saturated heterocycles. The lowest BCUT2D eigenvalue weighted by Crippen LogP contribution is -2.30. The summed E-state index contributed by atoms with van der Waals surface area (Å²) in [5.41, 5.74) is 2.36. The fourth-order valence-corrected chi connectivity index (χ4v) is 3.31. The van der Waals surface area contributed by atoms with Crippen molar-refractivity contribution in [2.75, 3.05) is 4.90 Å². The second-order valence-electron chi connectivity index (χ2n) is 6.55. The number of ether oxygens (including phenoxy) is 1. The number of hydrogen-bond acceptors (Lipinski definition) is 4. The predicted octanol–water partition coefficient (Wildman–Crippen LogP) is 4.68. The average molecular weight is 404 g/mol. The molecule has 0 saturated carbocycles. The standard InChI is InChI=1S/C23H20N2O3S/c1-2-16-8-10-18(11-9-16)27-15-20-13-12-19(28-20)14-21-22(26)25(23(29)24-21)17-6-4-3-5-7-17/h3-14H,2,15H2,1H3,(H,24,29)/b21-14+. The first-order valence-corrected chi connectivity index (χ1v) is 9.77. The summed E-state index contributed by atoms with van der Waals surface area (Å²) in [6, 6.07) is 20.9. The number of carbonyl (C=O) groups excluding carboxylic acids is 1. The quantitative estimate of drug-likeness (QED) is 0.477. The van der Waals surface area contributed by atoms with Crippen molar-refractivity contribution in [2.45, 2.75) is 20.0 Å². The van der Waals surface area contributed by atoms with E-state index in [-0.39, 0.29) is 5.91 Å². The van der Waals surface area contributed by atoms with Gasteiger partial charge in [-0.25, -0.2) is 0 Å². The highest BCUT2D eigenvalue weighted by Crippen LogP contribution is 2.23. The van der Waals surface area contributed by atoms with E-state index in [0.29, 0.717) is 28.9 Å². The summed E-state index contributed by atoms with van der Waals surface area (Å²) >= 11 is 5.31. The molecule has 4 rings (SSSR count). The molecule has 2 aromatic carbocycles. The average Bonchev–Trinajstić information content (AvgIpc) is 3.31. The number of furan rings is 1. The van der Waals surface area contributed by atoms with Gasteiger partial charge in [-0.3, -0.25) is 9.69 Å². The Kier molecular flexibility index (Phi) is 5.44. The van der Waals surface area contributed by atoms with E-state index in [1.165, 1.54) is 10.5 Å². The van der Waals surface area contributed by atoms with Crippen LogP contribution in [0.4, 0.5) is 5.69 Å². The highest BCUT2D eigenvalue weighted by molar-refractivity contribution is 7.80. The lowest BCUT2D eigenvalue weighted by Gasteiger charge is -2.13. The molecule has 0 spiro atoms. The van der Waals surface area contributed by atoms with Crippen LogP contribution in [0.5, 0.6) is 5.75 Å². The van der Waals surface area contributed by atoms with E-state index in [4.69, 9.17) is 21.4 Å². The van der Waals surface area contributed by atoms with Crippen LogP contribution in [-0.2, 0) is 17.8 Å². The molecule has 3 aromatic rings. The zero-order valence-corrected chi connectivity index (χ0v) is 16.7. The Hall–Kier alpha value is -3.38. The van der Waals surface area contributed by atoms with Crippen molar-refractivity contribution in [1.29, 1.82) is 0 Å². The number of nitrogens with one attached hydrogen (secondary N) is 1. The van der Waals surface area contributed by atoms with Crippen LogP contribution >= 0.6 is 12.2 Å². The van der Waals surface area contributed by atoms with Gasteiger partial charge in [-0.1, -0.05) is 37.3 Å². The van der Waals surface area contributed by atoms with Crippen LogP contribution in [-0.4, -0.2) is 11.0 Å². The summed E-state index contributed by atoms with van der Waals surface area (Å²) in [4.78, 5) is 14.2. The zero-order valence-electron chi connectivity index (χ0n) is 15.9. The molecule has 6 heteroatoms. The number of benzene rings is 2. The van der Waals surface area contributed by atoms with Gasteiger partial charge in [0.15, 0.2) is 5.11 Å². The molecule has 1 aromatic heterocycles. The largest absolute Gasteiger partial charge is 0.486 e. The first-order chi connectivity index (χ1) is 14.1. The Bertz CT molecular complexity index is 1060. The molecule has 1 fully saturated rings. The van der Waals surface area contributed by atoms with Crippen LogP contribution in [0.25, 0.3) is 6.08 Å². The third kappa shape index (κ3) is 4.22. The topological polar surface area (TPSA) is 54.7 Å². The summed E-state index contributed by atoms with van der Waals surface area (Å²) in [6.07, 6.45) is 2.64. The van der Waals surface area contributed by atoms with Crippen LogP contribution in [0, 0.1) is 0 Å². The number of aryl methyl sites for hydroxylation is 1. The molecular formula is C23H20N2O3S. The number of anilines is 1. The molecule has 29 heavy (non-hydrogen) atoms. The van der Waals surface area contributed by atoms with Crippen molar-refractivity contribution in [3.8, 4) is 5.75 Å². The van der Waals surface area contributed by atoms with Gasteiger partial charge >= 0.3 is 0 Å². The summed E-state index contributed by atoms with van der Waals surface area (Å²) < 4.78 is 11.5. The summed E-state index contributed by atoms with van der Waals surface area (Å²) in [5, 5.41) is 3.30. The van der Waals surface area contributed by atoms with E-state index in [0.717, 1.165) is 17.9 Å². The Morgan fingerprint density at radius 2 is 1.83 bits per heavy atom.